The van der Waals surface area contributed by atoms with E-state index in [0.717, 1.165) is 33.7 Å². The quantitative estimate of drug-likeness (QED) is 0.563. The van der Waals surface area contributed by atoms with Gasteiger partial charge in [0.2, 0.25) is 0 Å². The average Bonchev–Trinajstić information content (AvgIpc) is 3.00. The van der Waals surface area contributed by atoms with E-state index in [2.05, 4.69) is 20.9 Å². The second kappa shape index (κ2) is 8.22. The lowest BCUT2D eigenvalue weighted by atomic mass is 10.1. The van der Waals surface area contributed by atoms with Crippen LogP contribution in [0.1, 0.15) is 32.1 Å². The van der Waals surface area contributed by atoms with Crippen LogP contribution >= 0.6 is 11.3 Å². The maximum absolute atomic E-state index is 12.6. The normalized spacial score (nSPS) is 10.4. The molecule has 7 heteroatoms. The maximum Gasteiger partial charge on any atom is 0.325 e. The number of thiazole rings is 1. The molecule has 3 rings (SSSR count). The number of rotatable bonds is 4. The molecular formula is C21H22N4O2S. The van der Waals surface area contributed by atoms with Crippen LogP contribution in [0.3, 0.4) is 0 Å². The van der Waals surface area contributed by atoms with Gasteiger partial charge in [-0.15, -0.1) is 0 Å². The second-order valence-electron chi connectivity index (χ2n) is 6.63. The number of anilines is 3. The van der Waals surface area contributed by atoms with Crippen molar-refractivity contribution in [3.05, 3.63) is 69.7 Å². The summed E-state index contributed by atoms with van der Waals surface area (Å²) in [7, 11) is 0. The summed E-state index contributed by atoms with van der Waals surface area (Å²) in [6.45, 7) is 7.74. The third-order valence-corrected chi connectivity index (χ3v) is 5.37. The zero-order valence-corrected chi connectivity index (χ0v) is 17.0. The molecule has 3 N–H and O–H groups in total. The zero-order chi connectivity index (χ0) is 20.3. The Bertz CT molecular complexity index is 1030. The summed E-state index contributed by atoms with van der Waals surface area (Å²) in [5.74, 6) is -0.245. The zero-order valence-electron chi connectivity index (χ0n) is 16.2. The molecule has 1 heterocycles. The topological polar surface area (TPSA) is 83.1 Å². The number of urea groups is 1. The van der Waals surface area contributed by atoms with E-state index in [1.807, 2.05) is 63.2 Å². The lowest BCUT2D eigenvalue weighted by Gasteiger charge is -2.07. The van der Waals surface area contributed by atoms with E-state index in [1.165, 1.54) is 0 Å². The summed E-state index contributed by atoms with van der Waals surface area (Å²) < 4.78 is 0. The summed E-state index contributed by atoms with van der Waals surface area (Å²) in [4.78, 5) is 29.5. The maximum atomic E-state index is 12.6. The Morgan fingerprint density at radius 3 is 2.18 bits per heavy atom. The molecule has 2 aromatic carbocycles. The van der Waals surface area contributed by atoms with Gasteiger partial charge in [0.25, 0.3) is 5.91 Å². The van der Waals surface area contributed by atoms with Crippen LogP contribution in [0, 0.1) is 27.7 Å². The van der Waals surface area contributed by atoms with Gasteiger partial charge in [0.1, 0.15) is 4.88 Å². The SMILES string of the molecule is Cc1ccc(NC(=O)Nc2nc(C)c(C(=O)Nc3ccc(C)c(C)c3)s2)cc1. The number of amides is 3. The van der Waals surface area contributed by atoms with Crippen LogP contribution in [0.4, 0.5) is 21.3 Å². The Morgan fingerprint density at radius 1 is 0.821 bits per heavy atom. The fourth-order valence-corrected chi connectivity index (χ4v) is 3.42. The predicted molar refractivity (Wildman–Crippen MR) is 115 cm³/mol. The molecule has 6 nitrogen and oxygen atoms in total. The number of aromatic nitrogens is 1. The number of benzene rings is 2. The minimum Gasteiger partial charge on any atom is -0.321 e. The third kappa shape index (κ3) is 4.75. The standard InChI is InChI=1S/C21H22N4O2S/c1-12-5-8-16(9-6-12)24-20(27)25-21-22-15(4)18(28-21)19(26)23-17-10-7-13(2)14(3)11-17/h5-11H,1-4H3,(H,23,26)(H2,22,24,25,27). The molecule has 0 radical (unpaired) electrons. The number of carbonyl (C=O) groups excluding carboxylic acids is 2. The molecule has 144 valence electrons. The largest absolute Gasteiger partial charge is 0.325 e. The van der Waals surface area contributed by atoms with Gasteiger partial charge in [-0.1, -0.05) is 35.1 Å². The van der Waals surface area contributed by atoms with Gasteiger partial charge in [-0.05, 0) is 63.1 Å². The molecule has 0 aliphatic heterocycles. The van der Waals surface area contributed by atoms with E-state index < -0.39 is 6.03 Å². The fraction of sp³-hybridized carbons (Fsp3) is 0.190. The van der Waals surface area contributed by atoms with E-state index in [9.17, 15) is 9.59 Å². The van der Waals surface area contributed by atoms with Crippen molar-refractivity contribution in [1.82, 2.24) is 4.98 Å². The Labute approximate surface area is 168 Å². The van der Waals surface area contributed by atoms with Crippen LogP contribution in [0.15, 0.2) is 42.5 Å². The van der Waals surface area contributed by atoms with Crippen LogP contribution in [-0.4, -0.2) is 16.9 Å². The van der Waals surface area contributed by atoms with Crippen molar-refractivity contribution in [3.63, 3.8) is 0 Å². The van der Waals surface area contributed by atoms with Crippen molar-refractivity contribution < 1.29 is 9.59 Å². The second-order valence-corrected chi connectivity index (χ2v) is 7.63. The first kappa shape index (κ1) is 19.6. The van der Waals surface area contributed by atoms with Gasteiger partial charge in [-0.2, -0.15) is 0 Å². The monoisotopic (exact) mass is 394 g/mol. The van der Waals surface area contributed by atoms with Gasteiger partial charge in [0.05, 0.1) is 5.69 Å². The molecule has 28 heavy (non-hydrogen) atoms. The molecule has 0 saturated heterocycles. The Hall–Kier alpha value is -3.19. The first-order chi connectivity index (χ1) is 13.3. The molecule has 0 fully saturated rings. The number of aryl methyl sites for hydroxylation is 4. The van der Waals surface area contributed by atoms with Gasteiger partial charge in [-0.25, -0.2) is 9.78 Å². The number of nitrogens with one attached hydrogen (secondary N) is 3. The molecule has 3 aromatic rings. The lowest BCUT2D eigenvalue weighted by Crippen LogP contribution is -2.19. The van der Waals surface area contributed by atoms with Crippen molar-refractivity contribution in [2.45, 2.75) is 27.7 Å². The van der Waals surface area contributed by atoms with Crippen LogP contribution < -0.4 is 16.0 Å². The summed E-state index contributed by atoms with van der Waals surface area (Å²) in [6.07, 6.45) is 0. The van der Waals surface area contributed by atoms with Crippen molar-refractivity contribution in [2.75, 3.05) is 16.0 Å². The predicted octanol–water partition coefficient (Wildman–Crippen LogP) is 5.27. The highest BCUT2D eigenvalue weighted by Crippen LogP contribution is 2.24. The van der Waals surface area contributed by atoms with Gasteiger partial charge in [0, 0.05) is 11.4 Å². The van der Waals surface area contributed by atoms with Crippen LogP contribution in [0.2, 0.25) is 0 Å². The van der Waals surface area contributed by atoms with Crippen LogP contribution in [0.5, 0.6) is 0 Å². The molecule has 0 aliphatic rings. The smallest absolute Gasteiger partial charge is 0.321 e. The first-order valence-corrected chi connectivity index (χ1v) is 9.64. The Morgan fingerprint density at radius 2 is 1.50 bits per heavy atom. The fourth-order valence-electron chi connectivity index (χ4n) is 2.56. The first-order valence-electron chi connectivity index (χ1n) is 8.82. The van der Waals surface area contributed by atoms with E-state index in [1.54, 1.807) is 6.92 Å². The minimum absolute atomic E-state index is 0.245. The molecule has 0 aliphatic carbocycles. The average molecular weight is 395 g/mol. The lowest BCUT2D eigenvalue weighted by molar-refractivity contribution is 0.103. The van der Waals surface area contributed by atoms with E-state index in [-0.39, 0.29) is 5.91 Å². The van der Waals surface area contributed by atoms with Gasteiger partial charge >= 0.3 is 6.03 Å². The van der Waals surface area contributed by atoms with Crippen LogP contribution in [-0.2, 0) is 0 Å². The Kier molecular flexibility index (Phi) is 5.75. The van der Waals surface area contributed by atoms with Gasteiger partial charge in [0.15, 0.2) is 5.13 Å². The number of hydrogen-bond donors (Lipinski definition) is 3. The van der Waals surface area contributed by atoms with E-state index in [0.29, 0.717) is 21.4 Å². The molecular weight excluding hydrogens is 372 g/mol. The summed E-state index contributed by atoms with van der Waals surface area (Å²) in [6, 6.07) is 12.8. The van der Waals surface area contributed by atoms with Crippen LogP contribution in [0.25, 0.3) is 0 Å². The highest BCUT2D eigenvalue weighted by molar-refractivity contribution is 7.17. The van der Waals surface area contributed by atoms with Crippen molar-refractivity contribution in [2.24, 2.45) is 0 Å². The molecule has 0 unspecified atom stereocenters. The molecule has 0 saturated carbocycles. The highest BCUT2D eigenvalue weighted by atomic mass is 32.1. The number of carbonyl (C=O) groups is 2. The molecule has 0 spiro atoms. The Balaban J connectivity index is 1.66. The molecule has 0 atom stereocenters. The van der Waals surface area contributed by atoms with Gasteiger partial charge in [-0.3, -0.25) is 10.1 Å². The van der Waals surface area contributed by atoms with Crippen molar-refractivity contribution >= 4 is 39.8 Å². The van der Waals surface area contributed by atoms with E-state index in [4.69, 9.17) is 0 Å². The van der Waals surface area contributed by atoms with Crippen molar-refractivity contribution in [3.8, 4) is 0 Å². The highest BCUT2D eigenvalue weighted by Gasteiger charge is 2.17. The van der Waals surface area contributed by atoms with E-state index >= 15 is 0 Å². The molecule has 0 bridgehead atoms. The molecule has 3 amide bonds. The summed E-state index contributed by atoms with van der Waals surface area (Å²) >= 11 is 1.14. The number of hydrogen-bond acceptors (Lipinski definition) is 4. The molecule has 1 aromatic heterocycles. The third-order valence-electron chi connectivity index (χ3n) is 4.30. The summed E-state index contributed by atoms with van der Waals surface area (Å²) in [5, 5.41) is 8.67. The summed E-state index contributed by atoms with van der Waals surface area (Å²) in [5.41, 5.74) is 5.36. The van der Waals surface area contributed by atoms with Crippen molar-refractivity contribution in [1.29, 1.82) is 0 Å². The minimum atomic E-state index is -0.404. The number of nitrogens with zero attached hydrogens (tertiary/aromatic N) is 1. The van der Waals surface area contributed by atoms with Gasteiger partial charge < -0.3 is 10.6 Å².